The summed E-state index contributed by atoms with van der Waals surface area (Å²) < 4.78 is 19.3. The van der Waals surface area contributed by atoms with E-state index in [9.17, 15) is 9.18 Å². The van der Waals surface area contributed by atoms with E-state index < -0.39 is 0 Å². The van der Waals surface area contributed by atoms with Crippen LogP contribution in [-0.2, 0) is 13.1 Å². The van der Waals surface area contributed by atoms with Crippen LogP contribution in [0.3, 0.4) is 0 Å². The van der Waals surface area contributed by atoms with Crippen LogP contribution in [0, 0.1) is 5.82 Å². The maximum Gasteiger partial charge on any atom is 0.275 e. The Labute approximate surface area is 170 Å². The van der Waals surface area contributed by atoms with E-state index in [-0.39, 0.29) is 17.8 Å². The zero-order chi connectivity index (χ0) is 20.8. The van der Waals surface area contributed by atoms with Gasteiger partial charge in [0, 0.05) is 26.2 Å². The molecule has 0 spiro atoms. The molecule has 2 aromatic carbocycles. The zero-order valence-corrected chi connectivity index (χ0v) is 17.0. The Hall–Kier alpha value is -2.99. The molecule has 6 heteroatoms. The monoisotopic (exact) mass is 395 g/mol. The number of rotatable bonds is 8. The standard InChI is InChI=1S/C23H26FN3O2/c1-4-26(3)23(28)21-16-29-22(25-21)15-27(14-18-9-8-12-20(24)13-18)17(2)19-10-6-5-7-11-19/h5-13,16-17H,4,14-15H2,1-3H3/t17-/m0/s1. The van der Waals surface area contributed by atoms with Gasteiger partial charge in [-0.3, -0.25) is 9.69 Å². The third-order valence-corrected chi connectivity index (χ3v) is 5.03. The molecule has 0 radical (unpaired) electrons. The van der Waals surface area contributed by atoms with Crippen LogP contribution >= 0.6 is 0 Å². The highest BCUT2D eigenvalue weighted by atomic mass is 19.1. The van der Waals surface area contributed by atoms with Crippen molar-refractivity contribution in [2.24, 2.45) is 0 Å². The van der Waals surface area contributed by atoms with E-state index in [0.29, 0.717) is 31.2 Å². The van der Waals surface area contributed by atoms with Crippen molar-refractivity contribution in [2.45, 2.75) is 33.0 Å². The van der Waals surface area contributed by atoms with Crippen LogP contribution in [0.2, 0.25) is 0 Å². The molecule has 1 heterocycles. The highest BCUT2D eigenvalue weighted by Crippen LogP contribution is 2.24. The predicted octanol–water partition coefficient (Wildman–Crippen LogP) is 4.67. The second-order valence-corrected chi connectivity index (χ2v) is 7.07. The normalized spacial score (nSPS) is 12.2. The van der Waals surface area contributed by atoms with E-state index in [2.05, 4.69) is 28.9 Å². The molecular formula is C23H26FN3O2. The van der Waals surface area contributed by atoms with Crippen molar-refractivity contribution in [2.75, 3.05) is 13.6 Å². The van der Waals surface area contributed by atoms with Gasteiger partial charge in [-0.25, -0.2) is 9.37 Å². The van der Waals surface area contributed by atoms with E-state index >= 15 is 0 Å². The summed E-state index contributed by atoms with van der Waals surface area (Å²) in [4.78, 5) is 20.4. The molecule has 0 aliphatic carbocycles. The second-order valence-electron chi connectivity index (χ2n) is 7.07. The Balaban J connectivity index is 1.83. The lowest BCUT2D eigenvalue weighted by Gasteiger charge is -2.28. The number of carbonyl (C=O) groups excluding carboxylic acids is 1. The molecule has 0 saturated carbocycles. The van der Waals surface area contributed by atoms with Gasteiger partial charge in [-0.2, -0.15) is 0 Å². The fourth-order valence-electron chi connectivity index (χ4n) is 3.14. The van der Waals surface area contributed by atoms with E-state index in [1.54, 1.807) is 18.0 Å². The van der Waals surface area contributed by atoms with Gasteiger partial charge in [-0.1, -0.05) is 42.5 Å². The van der Waals surface area contributed by atoms with Crippen LogP contribution in [0.4, 0.5) is 4.39 Å². The molecule has 0 unspecified atom stereocenters. The van der Waals surface area contributed by atoms with Crippen LogP contribution in [0.5, 0.6) is 0 Å². The van der Waals surface area contributed by atoms with Crippen molar-refractivity contribution in [3.63, 3.8) is 0 Å². The number of aromatic nitrogens is 1. The zero-order valence-electron chi connectivity index (χ0n) is 17.0. The molecule has 1 aromatic heterocycles. The first-order chi connectivity index (χ1) is 14.0. The lowest BCUT2D eigenvalue weighted by molar-refractivity contribution is 0.0796. The number of nitrogens with zero attached hydrogens (tertiary/aromatic N) is 3. The molecule has 3 rings (SSSR count). The van der Waals surface area contributed by atoms with Gasteiger partial charge in [0.25, 0.3) is 5.91 Å². The summed E-state index contributed by atoms with van der Waals surface area (Å²) in [5.41, 5.74) is 2.29. The molecule has 5 nitrogen and oxygen atoms in total. The Morgan fingerprint density at radius 1 is 1.14 bits per heavy atom. The lowest BCUT2D eigenvalue weighted by Crippen LogP contribution is -2.27. The molecule has 152 valence electrons. The summed E-state index contributed by atoms with van der Waals surface area (Å²) in [7, 11) is 1.73. The summed E-state index contributed by atoms with van der Waals surface area (Å²) in [5.74, 6) is 0.0220. The number of hydrogen-bond acceptors (Lipinski definition) is 4. The molecular weight excluding hydrogens is 369 g/mol. The number of hydrogen-bond donors (Lipinski definition) is 0. The maximum atomic E-state index is 13.7. The van der Waals surface area contributed by atoms with Crippen LogP contribution in [0.25, 0.3) is 0 Å². The summed E-state index contributed by atoms with van der Waals surface area (Å²) in [6.45, 7) is 5.51. The molecule has 0 aliphatic rings. The van der Waals surface area contributed by atoms with Gasteiger partial charge in [0.15, 0.2) is 5.69 Å². The van der Waals surface area contributed by atoms with E-state index in [1.807, 2.05) is 31.2 Å². The summed E-state index contributed by atoms with van der Waals surface area (Å²) in [6.07, 6.45) is 1.40. The van der Waals surface area contributed by atoms with Crippen molar-refractivity contribution in [3.8, 4) is 0 Å². The van der Waals surface area contributed by atoms with Gasteiger partial charge in [-0.15, -0.1) is 0 Å². The van der Waals surface area contributed by atoms with Crippen molar-refractivity contribution in [1.82, 2.24) is 14.8 Å². The lowest BCUT2D eigenvalue weighted by atomic mass is 10.1. The number of amides is 1. The smallest absolute Gasteiger partial charge is 0.275 e. The molecule has 3 aromatic rings. The summed E-state index contributed by atoms with van der Waals surface area (Å²) in [6, 6.07) is 16.7. The summed E-state index contributed by atoms with van der Waals surface area (Å²) in [5, 5.41) is 0. The van der Waals surface area contributed by atoms with Gasteiger partial charge in [-0.05, 0) is 37.1 Å². The minimum absolute atomic E-state index is 0.0452. The quantitative estimate of drug-likeness (QED) is 0.556. The summed E-state index contributed by atoms with van der Waals surface area (Å²) >= 11 is 0. The average Bonchev–Trinajstić information content (AvgIpc) is 3.21. The first-order valence-corrected chi connectivity index (χ1v) is 9.71. The molecule has 1 amide bonds. The maximum absolute atomic E-state index is 13.7. The molecule has 29 heavy (non-hydrogen) atoms. The average molecular weight is 395 g/mol. The van der Waals surface area contributed by atoms with Crippen molar-refractivity contribution in [1.29, 1.82) is 0 Å². The van der Waals surface area contributed by atoms with Crippen LogP contribution < -0.4 is 0 Å². The molecule has 0 bridgehead atoms. The fraction of sp³-hybridized carbons (Fsp3) is 0.304. The topological polar surface area (TPSA) is 49.6 Å². The van der Waals surface area contributed by atoms with Gasteiger partial charge in [0.2, 0.25) is 5.89 Å². The van der Waals surface area contributed by atoms with Gasteiger partial charge in [0.1, 0.15) is 12.1 Å². The Bertz CT molecular complexity index is 942. The fourth-order valence-corrected chi connectivity index (χ4v) is 3.14. The van der Waals surface area contributed by atoms with E-state index in [1.165, 1.54) is 18.4 Å². The van der Waals surface area contributed by atoms with Crippen molar-refractivity contribution in [3.05, 3.63) is 89.4 Å². The van der Waals surface area contributed by atoms with Gasteiger partial charge in [0.05, 0.1) is 6.54 Å². The van der Waals surface area contributed by atoms with Crippen LogP contribution in [0.15, 0.2) is 65.3 Å². The SMILES string of the molecule is CCN(C)C(=O)c1coc(CN(Cc2cccc(F)c2)[C@@H](C)c2ccccc2)n1. The number of oxazole rings is 1. The first kappa shape index (κ1) is 20.7. The Morgan fingerprint density at radius 2 is 1.90 bits per heavy atom. The predicted molar refractivity (Wildman–Crippen MR) is 110 cm³/mol. The molecule has 1 atom stereocenters. The van der Waals surface area contributed by atoms with Crippen molar-refractivity contribution < 1.29 is 13.6 Å². The molecule has 0 fully saturated rings. The highest BCUT2D eigenvalue weighted by Gasteiger charge is 2.21. The minimum Gasteiger partial charge on any atom is -0.447 e. The van der Waals surface area contributed by atoms with Gasteiger partial charge < -0.3 is 9.32 Å². The van der Waals surface area contributed by atoms with Crippen molar-refractivity contribution >= 4 is 5.91 Å². The minimum atomic E-state index is -0.263. The third kappa shape index (κ3) is 5.29. The molecule has 0 N–H and O–H groups in total. The number of carbonyl (C=O) groups is 1. The first-order valence-electron chi connectivity index (χ1n) is 9.71. The third-order valence-electron chi connectivity index (χ3n) is 5.03. The Kier molecular flexibility index (Phi) is 6.77. The number of benzene rings is 2. The van der Waals surface area contributed by atoms with Gasteiger partial charge >= 0.3 is 0 Å². The van der Waals surface area contributed by atoms with Crippen LogP contribution in [0.1, 0.15) is 47.4 Å². The highest BCUT2D eigenvalue weighted by molar-refractivity contribution is 5.91. The molecule has 0 saturated heterocycles. The Morgan fingerprint density at radius 3 is 2.59 bits per heavy atom. The number of halogens is 1. The van der Waals surface area contributed by atoms with Crippen LogP contribution in [-0.4, -0.2) is 34.3 Å². The molecule has 0 aliphatic heterocycles. The van der Waals surface area contributed by atoms with E-state index in [4.69, 9.17) is 4.42 Å². The van der Waals surface area contributed by atoms with E-state index in [0.717, 1.165) is 11.1 Å². The second kappa shape index (κ2) is 9.47. The largest absolute Gasteiger partial charge is 0.447 e.